The van der Waals surface area contributed by atoms with Crippen LogP contribution in [0.3, 0.4) is 0 Å². The molecule has 2 unspecified atom stereocenters. The average molecular weight is 290 g/mol. The fraction of sp³-hybridized carbons (Fsp3) is 1.00. The fourth-order valence-electron chi connectivity index (χ4n) is 1.15. The Kier molecular flexibility index (Phi) is 8.63. The summed E-state index contributed by atoms with van der Waals surface area (Å²) in [5.74, 6) is 1.12. The van der Waals surface area contributed by atoms with Gasteiger partial charge in [-0.15, -0.1) is 11.6 Å². The molecule has 16 heavy (non-hydrogen) atoms. The van der Waals surface area contributed by atoms with Crippen LogP contribution in [0.5, 0.6) is 0 Å². The molecule has 0 saturated heterocycles. The lowest BCUT2D eigenvalue weighted by atomic mass is 10.3. The Hall–Kier alpha value is 0.350. The molecule has 1 N–H and O–H groups in total. The van der Waals surface area contributed by atoms with Crippen molar-refractivity contribution in [1.82, 2.24) is 4.72 Å². The molecule has 4 nitrogen and oxygen atoms in total. The van der Waals surface area contributed by atoms with Gasteiger partial charge in [0.25, 0.3) is 0 Å². The quantitative estimate of drug-likeness (QED) is 0.510. The highest BCUT2D eigenvalue weighted by Crippen LogP contribution is 2.00. The van der Waals surface area contributed by atoms with Crippen LogP contribution >= 0.6 is 11.6 Å². The van der Waals surface area contributed by atoms with Crippen LogP contribution in [0, 0.1) is 0 Å². The van der Waals surface area contributed by atoms with Gasteiger partial charge in [-0.05, 0) is 26.2 Å². The number of unbranched alkanes of at least 4 members (excludes halogenated alkanes) is 1. The second kappa shape index (κ2) is 8.44. The van der Waals surface area contributed by atoms with Gasteiger partial charge in [0, 0.05) is 34.7 Å². The van der Waals surface area contributed by atoms with E-state index in [0.717, 1.165) is 0 Å². The van der Waals surface area contributed by atoms with Crippen molar-refractivity contribution in [3.8, 4) is 0 Å². The van der Waals surface area contributed by atoms with E-state index in [1.54, 1.807) is 13.2 Å². The minimum atomic E-state index is -3.21. The monoisotopic (exact) mass is 289 g/mol. The predicted molar refractivity (Wildman–Crippen MR) is 69.9 cm³/mol. The Bertz CT molecular complexity index is 306. The van der Waals surface area contributed by atoms with Gasteiger partial charge in [0.15, 0.2) is 0 Å². The molecular weight excluding hydrogens is 270 g/mol. The van der Waals surface area contributed by atoms with Crippen LogP contribution in [0.4, 0.5) is 0 Å². The van der Waals surface area contributed by atoms with Gasteiger partial charge in [-0.2, -0.15) is 0 Å². The number of alkyl halides is 1. The van der Waals surface area contributed by atoms with Crippen LogP contribution < -0.4 is 4.72 Å². The maximum atomic E-state index is 11.5. The van der Waals surface area contributed by atoms with Gasteiger partial charge in [0.2, 0.25) is 10.0 Å². The van der Waals surface area contributed by atoms with E-state index < -0.39 is 20.8 Å². The van der Waals surface area contributed by atoms with Gasteiger partial charge in [0.1, 0.15) is 0 Å². The van der Waals surface area contributed by atoms with Crippen molar-refractivity contribution in [3.63, 3.8) is 0 Å². The Morgan fingerprint density at radius 2 is 2.00 bits per heavy atom. The zero-order valence-corrected chi connectivity index (χ0v) is 12.1. The fourth-order valence-corrected chi connectivity index (χ4v) is 3.46. The highest BCUT2D eigenvalue weighted by atomic mass is 35.5. The van der Waals surface area contributed by atoms with Gasteiger partial charge >= 0.3 is 0 Å². The summed E-state index contributed by atoms with van der Waals surface area (Å²) < 4.78 is 36.5. The van der Waals surface area contributed by atoms with Crippen molar-refractivity contribution < 1.29 is 12.6 Å². The predicted octanol–water partition coefficient (Wildman–Crippen LogP) is 1.08. The number of sulfonamides is 1. The minimum absolute atomic E-state index is 0.110. The van der Waals surface area contributed by atoms with Crippen LogP contribution in [-0.4, -0.2) is 42.3 Å². The topological polar surface area (TPSA) is 63.2 Å². The zero-order valence-electron chi connectivity index (χ0n) is 9.74. The van der Waals surface area contributed by atoms with E-state index >= 15 is 0 Å². The first-order valence-electron chi connectivity index (χ1n) is 5.23. The number of hydrogen-bond donors (Lipinski definition) is 1. The normalized spacial score (nSPS) is 15.9. The molecule has 0 spiro atoms. The van der Waals surface area contributed by atoms with Crippen molar-refractivity contribution in [2.75, 3.05) is 23.6 Å². The highest BCUT2D eigenvalue weighted by Gasteiger charge is 2.13. The van der Waals surface area contributed by atoms with Crippen molar-refractivity contribution >= 4 is 32.4 Å². The molecule has 0 saturated carbocycles. The molecule has 0 heterocycles. The molecule has 0 radical (unpaired) electrons. The molecule has 0 amide bonds. The lowest BCUT2D eigenvalue weighted by Gasteiger charge is -2.13. The van der Waals surface area contributed by atoms with Gasteiger partial charge in [-0.3, -0.25) is 4.21 Å². The summed E-state index contributed by atoms with van der Waals surface area (Å²) in [5, 5.41) is 0. The SMILES string of the molecule is CC(CCS(C)=O)NS(=O)(=O)CCCCCl. The van der Waals surface area contributed by atoms with Gasteiger partial charge < -0.3 is 0 Å². The highest BCUT2D eigenvalue weighted by molar-refractivity contribution is 7.89. The Labute approximate surface area is 106 Å². The van der Waals surface area contributed by atoms with E-state index in [4.69, 9.17) is 11.6 Å². The number of halogens is 1. The summed E-state index contributed by atoms with van der Waals surface area (Å²) in [6, 6.07) is -0.162. The van der Waals surface area contributed by atoms with Crippen molar-refractivity contribution in [2.24, 2.45) is 0 Å². The molecule has 0 rings (SSSR count). The molecule has 0 aromatic rings. The lowest BCUT2D eigenvalue weighted by molar-refractivity contribution is 0.553. The summed E-state index contributed by atoms with van der Waals surface area (Å²) in [6.07, 6.45) is 3.49. The molecule has 0 bridgehead atoms. The summed E-state index contributed by atoms with van der Waals surface area (Å²) in [5.41, 5.74) is 0. The largest absolute Gasteiger partial charge is 0.260 e. The molecule has 0 aliphatic heterocycles. The number of hydrogen-bond acceptors (Lipinski definition) is 3. The second-order valence-electron chi connectivity index (χ2n) is 3.80. The Morgan fingerprint density at radius 3 is 2.50 bits per heavy atom. The summed E-state index contributed by atoms with van der Waals surface area (Å²) >= 11 is 5.47. The first-order valence-corrected chi connectivity index (χ1v) is 9.15. The maximum absolute atomic E-state index is 11.5. The molecule has 0 aromatic carbocycles. The third kappa shape index (κ3) is 9.57. The maximum Gasteiger partial charge on any atom is 0.211 e. The van der Waals surface area contributed by atoms with Gasteiger partial charge in [-0.25, -0.2) is 13.1 Å². The van der Waals surface area contributed by atoms with Crippen molar-refractivity contribution in [2.45, 2.75) is 32.2 Å². The van der Waals surface area contributed by atoms with Gasteiger partial charge in [-0.1, -0.05) is 0 Å². The van der Waals surface area contributed by atoms with Crippen LogP contribution in [-0.2, 0) is 20.8 Å². The van der Waals surface area contributed by atoms with Crippen LogP contribution in [0.1, 0.15) is 26.2 Å². The molecule has 98 valence electrons. The average Bonchev–Trinajstić information content (AvgIpc) is 2.14. The first kappa shape index (κ1) is 16.4. The van der Waals surface area contributed by atoms with E-state index in [2.05, 4.69) is 4.72 Å². The summed E-state index contributed by atoms with van der Waals surface area (Å²) in [4.78, 5) is 0. The molecular formula is C9H20ClNO3S2. The summed E-state index contributed by atoms with van der Waals surface area (Å²) in [7, 11) is -4.08. The Morgan fingerprint density at radius 1 is 1.38 bits per heavy atom. The van der Waals surface area contributed by atoms with Crippen LogP contribution in [0.25, 0.3) is 0 Å². The lowest BCUT2D eigenvalue weighted by Crippen LogP contribution is -2.35. The van der Waals surface area contributed by atoms with E-state index in [1.807, 2.05) is 0 Å². The minimum Gasteiger partial charge on any atom is -0.260 e. The van der Waals surface area contributed by atoms with Crippen LogP contribution in [0.2, 0.25) is 0 Å². The molecule has 2 atom stereocenters. The third-order valence-electron chi connectivity index (χ3n) is 2.02. The Balaban J connectivity index is 3.90. The number of rotatable bonds is 9. The third-order valence-corrected chi connectivity index (χ3v) is 4.68. The smallest absolute Gasteiger partial charge is 0.211 e. The molecule has 7 heteroatoms. The van der Waals surface area contributed by atoms with E-state index in [1.165, 1.54) is 0 Å². The van der Waals surface area contributed by atoms with Gasteiger partial charge in [0.05, 0.1) is 5.75 Å². The second-order valence-corrected chi connectivity index (χ2v) is 7.61. The van der Waals surface area contributed by atoms with Crippen molar-refractivity contribution in [1.29, 1.82) is 0 Å². The van der Waals surface area contributed by atoms with E-state index in [-0.39, 0.29) is 11.8 Å². The van der Waals surface area contributed by atoms with Crippen LogP contribution in [0.15, 0.2) is 0 Å². The first-order chi connectivity index (χ1) is 7.37. The molecule has 0 fully saturated rings. The van der Waals surface area contributed by atoms with Crippen molar-refractivity contribution in [3.05, 3.63) is 0 Å². The zero-order chi connectivity index (χ0) is 12.6. The molecule has 0 aliphatic rings. The standard InChI is InChI=1S/C9H20ClNO3S2/c1-9(5-7-15(2)12)11-16(13,14)8-4-3-6-10/h9,11H,3-8H2,1-2H3. The van der Waals surface area contributed by atoms with E-state index in [9.17, 15) is 12.6 Å². The molecule has 0 aliphatic carbocycles. The summed E-state index contributed by atoms with van der Waals surface area (Å²) in [6.45, 7) is 1.78. The molecule has 0 aromatic heterocycles. The number of nitrogens with one attached hydrogen (secondary N) is 1. The van der Waals surface area contributed by atoms with E-state index in [0.29, 0.717) is 30.9 Å².